The van der Waals surface area contributed by atoms with Gasteiger partial charge in [-0.2, -0.15) is 0 Å². The molecular weight excluding hydrogens is 444 g/mol. The molecule has 12 heteroatoms. The van der Waals surface area contributed by atoms with E-state index in [1.165, 1.54) is 0 Å². The number of allylic oxidation sites excluding steroid dienone is 2. The topological polar surface area (TPSA) is 132 Å². The Morgan fingerprint density at radius 1 is 1.41 bits per heavy atom. The third-order valence-electron chi connectivity index (χ3n) is 5.26. The molecule has 0 amide bonds. The van der Waals surface area contributed by atoms with Gasteiger partial charge in [0.1, 0.15) is 12.2 Å². The first kappa shape index (κ1) is 26.4. The van der Waals surface area contributed by atoms with E-state index >= 15 is 4.39 Å². The zero-order chi connectivity index (χ0) is 24.1. The maximum Gasteiger partial charge on any atom is 0.405 e. The van der Waals surface area contributed by atoms with Gasteiger partial charge in [-0.05, 0) is 33.3 Å². The second-order valence-corrected chi connectivity index (χ2v) is 9.33. The maximum atomic E-state index is 15.3. The van der Waals surface area contributed by atoms with Crippen LogP contribution < -0.4 is 16.3 Å². The summed E-state index contributed by atoms with van der Waals surface area (Å²) in [6.45, 7) is 8.19. The Kier molecular flexibility index (Phi) is 8.92. The molecule has 5 unspecified atom stereocenters. The van der Waals surface area contributed by atoms with Crippen LogP contribution in [0.15, 0.2) is 45.2 Å². The maximum absolute atomic E-state index is 15.3. The van der Waals surface area contributed by atoms with Gasteiger partial charge < -0.3 is 9.84 Å². The summed E-state index contributed by atoms with van der Waals surface area (Å²) in [5, 5.41) is 13.1. The smallest absolute Gasteiger partial charge is 0.387 e. The number of rotatable bonds is 10. The summed E-state index contributed by atoms with van der Waals surface area (Å²) in [5.74, 6) is 0. The SMILES string of the molecule is CC=C(C)C(=CC)COP(=O)(NCC)OCC1OC(n2ccc(=O)[nH]c2=O)C(C)(F)C1O. The highest BCUT2D eigenvalue weighted by molar-refractivity contribution is 7.51. The van der Waals surface area contributed by atoms with Crippen LogP contribution in [0.25, 0.3) is 0 Å². The Balaban J connectivity index is 2.15. The van der Waals surface area contributed by atoms with Crippen molar-refractivity contribution in [2.75, 3.05) is 19.8 Å². The molecule has 1 saturated heterocycles. The zero-order valence-corrected chi connectivity index (χ0v) is 19.7. The lowest BCUT2D eigenvalue weighted by molar-refractivity contribution is -0.0598. The molecule has 10 nitrogen and oxygen atoms in total. The van der Waals surface area contributed by atoms with E-state index in [2.05, 4.69) is 5.09 Å². The molecule has 1 aliphatic heterocycles. The van der Waals surface area contributed by atoms with Gasteiger partial charge in [-0.3, -0.25) is 23.4 Å². The first-order valence-electron chi connectivity index (χ1n) is 10.3. The van der Waals surface area contributed by atoms with Crippen molar-refractivity contribution in [1.82, 2.24) is 14.6 Å². The molecule has 180 valence electrons. The molecule has 2 heterocycles. The standard InChI is InChI=1S/C20H31FN3O7P/c1-6-13(4)14(7-2)11-29-32(28,22-8-3)30-12-15-17(26)20(5,21)18(31-15)24-10-9-16(25)23-19(24)27/h6-7,9-10,15,17-18,26H,8,11-12H2,1-5H3,(H,22,28)(H,23,25,27). The average Bonchev–Trinajstić information content (AvgIpc) is 2.96. The Labute approximate surface area is 185 Å². The normalized spacial score (nSPS) is 28.7. The lowest BCUT2D eigenvalue weighted by Gasteiger charge is -2.24. The zero-order valence-electron chi connectivity index (χ0n) is 18.8. The molecule has 0 aliphatic carbocycles. The van der Waals surface area contributed by atoms with Crippen molar-refractivity contribution in [3.8, 4) is 0 Å². The van der Waals surface area contributed by atoms with Gasteiger partial charge >= 0.3 is 13.4 Å². The third kappa shape index (κ3) is 5.92. The predicted octanol–water partition coefficient (Wildman–Crippen LogP) is 2.19. The molecule has 1 aliphatic rings. The number of aromatic nitrogens is 2. The van der Waals surface area contributed by atoms with Crippen molar-refractivity contribution in [1.29, 1.82) is 0 Å². The van der Waals surface area contributed by atoms with Gasteiger partial charge in [-0.1, -0.05) is 24.6 Å². The number of ether oxygens (including phenoxy) is 1. The van der Waals surface area contributed by atoms with E-state index in [-0.39, 0.29) is 13.2 Å². The second kappa shape index (κ2) is 10.8. The number of H-pyrrole nitrogens is 1. The van der Waals surface area contributed by atoms with E-state index in [9.17, 15) is 19.3 Å². The van der Waals surface area contributed by atoms with Crippen LogP contribution in [-0.2, 0) is 18.3 Å². The van der Waals surface area contributed by atoms with E-state index in [0.717, 1.165) is 34.9 Å². The van der Waals surface area contributed by atoms with Gasteiger partial charge in [-0.15, -0.1) is 0 Å². The van der Waals surface area contributed by atoms with E-state index in [0.29, 0.717) is 0 Å². The van der Waals surface area contributed by atoms with Crippen LogP contribution in [0.4, 0.5) is 4.39 Å². The number of aromatic amines is 1. The van der Waals surface area contributed by atoms with Gasteiger partial charge in [0.15, 0.2) is 11.9 Å². The van der Waals surface area contributed by atoms with Gasteiger partial charge in [-0.25, -0.2) is 18.8 Å². The molecular formula is C20H31FN3O7P. The summed E-state index contributed by atoms with van der Waals surface area (Å²) < 4.78 is 45.7. The lowest BCUT2D eigenvalue weighted by Crippen LogP contribution is -2.43. The first-order chi connectivity index (χ1) is 15.0. The summed E-state index contributed by atoms with van der Waals surface area (Å²) in [7, 11) is -3.81. The molecule has 1 fully saturated rings. The highest BCUT2D eigenvalue weighted by Gasteiger charge is 2.55. The quantitative estimate of drug-likeness (QED) is 0.347. The van der Waals surface area contributed by atoms with Crippen molar-refractivity contribution in [2.24, 2.45) is 0 Å². The summed E-state index contributed by atoms with van der Waals surface area (Å²) in [5.41, 5.74) is -2.16. The van der Waals surface area contributed by atoms with Crippen LogP contribution in [0.3, 0.4) is 0 Å². The molecule has 0 saturated carbocycles. The summed E-state index contributed by atoms with van der Waals surface area (Å²) in [6, 6.07) is 1.04. The molecule has 1 aromatic rings. The Hall–Kier alpha value is -1.88. The molecule has 3 N–H and O–H groups in total. The van der Waals surface area contributed by atoms with Crippen LogP contribution in [0, 0.1) is 0 Å². The number of aliphatic hydroxyl groups is 1. The number of halogens is 1. The first-order valence-corrected chi connectivity index (χ1v) is 11.8. The number of nitrogens with zero attached hydrogens (tertiary/aromatic N) is 1. The number of nitrogens with one attached hydrogen (secondary N) is 2. The van der Waals surface area contributed by atoms with Crippen LogP contribution >= 0.6 is 7.75 Å². The summed E-state index contributed by atoms with van der Waals surface area (Å²) >= 11 is 0. The third-order valence-corrected chi connectivity index (χ3v) is 6.92. The van der Waals surface area contributed by atoms with E-state index in [1.807, 2.05) is 37.9 Å². The molecule has 1 aromatic heterocycles. The average molecular weight is 475 g/mol. The number of hydrogen-bond donors (Lipinski definition) is 3. The molecule has 32 heavy (non-hydrogen) atoms. The van der Waals surface area contributed by atoms with Crippen LogP contribution in [0.2, 0.25) is 0 Å². The Bertz CT molecular complexity index is 1020. The predicted molar refractivity (Wildman–Crippen MR) is 117 cm³/mol. The minimum atomic E-state index is -3.81. The molecule has 0 spiro atoms. The van der Waals surface area contributed by atoms with E-state index in [4.69, 9.17) is 13.8 Å². The Morgan fingerprint density at radius 3 is 2.66 bits per heavy atom. The minimum Gasteiger partial charge on any atom is -0.387 e. The lowest BCUT2D eigenvalue weighted by atomic mass is 9.98. The van der Waals surface area contributed by atoms with Crippen molar-refractivity contribution in [2.45, 2.75) is 58.7 Å². The molecule has 5 atom stereocenters. The molecule has 0 aromatic carbocycles. The van der Waals surface area contributed by atoms with Crippen molar-refractivity contribution in [3.63, 3.8) is 0 Å². The van der Waals surface area contributed by atoms with E-state index in [1.54, 1.807) is 6.92 Å². The molecule has 0 radical (unpaired) electrons. The van der Waals surface area contributed by atoms with Crippen LogP contribution in [0.5, 0.6) is 0 Å². The molecule has 0 bridgehead atoms. The fourth-order valence-corrected chi connectivity index (χ4v) is 4.52. The highest BCUT2D eigenvalue weighted by atomic mass is 31.2. The molecule has 2 rings (SSSR count). The van der Waals surface area contributed by atoms with Gasteiger partial charge in [0.2, 0.25) is 0 Å². The van der Waals surface area contributed by atoms with Crippen molar-refractivity contribution >= 4 is 7.75 Å². The largest absolute Gasteiger partial charge is 0.405 e. The van der Waals surface area contributed by atoms with Crippen LogP contribution in [0.1, 0.15) is 40.8 Å². The van der Waals surface area contributed by atoms with E-state index < -0.39 is 49.7 Å². The summed E-state index contributed by atoms with van der Waals surface area (Å²) in [6.07, 6.45) is 0.328. The van der Waals surface area contributed by atoms with Gasteiger partial charge in [0, 0.05) is 18.8 Å². The van der Waals surface area contributed by atoms with Crippen molar-refractivity contribution in [3.05, 3.63) is 56.4 Å². The summed E-state index contributed by atoms with van der Waals surface area (Å²) in [4.78, 5) is 25.3. The van der Waals surface area contributed by atoms with Gasteiger partial charge in [0.25, 0.3) is 5.56 Å². The fraction of sp³-hybridized carbons (Fsp3) is 0.600. The monoisotopic (exact) mass is 475 g/mol. The fourth-order valence-electron chi connectivity index (χ4n) is 3.22. The number of aliphatic hydroxyl groups excluding tert-OH is 1. The Morgan fingerprint density at radius 2 is 2.09 bits per heavy atom. The van der Waals surface area contributed by atoms with Gasteiger partial charge in [0.05, 0.1) is 13.2 Å². The van der Waals surface area contributed by atoms with Crippen molar-refractivity contribution < 1.29 is 27.8 Å². The number of alkyl halides is 1. The van der Waals surface area contributed by atoms with Crippen LogP contribution in [-0.4, -0.2) is 52.3 Å². The highest BCUT2D eigenvalue weighted by Crippen LogP contribution is 2.47. The second-order valence-electron chi connectivity index (χ2n) is 7.50. The minimum absolute atomic E-state index is 0.0151. The number of hydrogen-bond acceptors (Lipinski definition) is 7.